The van der Waals surface area contributed by atoms with Crippen LogP contribution in [0, 0.1) is 0 Å². The average molecular weight is 205 g/mol. The summed E-state index contributed by atoms with van der Waals surface area (Å²) in [5, 5.41) is 0. The second-order valence-electron chi connectivity index (χ2n) is 2.34. The summed E-state index contributed by atoms with van der Waals surface area (Å²) in [5.41, 5.74) is 5.58. The third-order valence-corrected chi connectivity index (χ3v) is 0.911. The van der Waals surface area contributed by atoms with Gasteiger partial charge in [0.25, 0.3) is 0 Å². The molecule has 0 aromatic heterocycles. The van der Waals surface area contributed by atoms with Crippen molar-refractivity contribution in [1.82, 2.24) is 0 Å². The van der Waals surface area contributed by atoms with Crippen LogP contribution in [0.1, 0.15) is 27.2 Å². The van der Waals surface area contributed by atoms with Crippen LogP contribution in [0.25, 0.3) is 0 Å². The van der Waals surface area contributed by atoms with Gasteiger partial charge in [0.05, 0.1) is 0 Å². The van der Waals surface area contributed by atoms with Crippen LogP contribution < -0.4 is 5.73 Å². The second-order valence-corrected chi connectivity index (χ2v) is 2.34. The molecule has 0 bridgehead atoms. The summed E-state index contributed by atoms with van der Waals surface area (Å²) in [4.78, 5) is 0. The molecule has 2 heteroatoms. The Labute approximate surface area is 64.4 Å². The van der Waals surface area contributed by atoms with E-state index in [9.17, 15) is 0 Å². The molecule has 0 aliphatic carbocycles. The summed E-state index contributed by atoms with van der Waals surface area (Å²) in [7, 11) is 0. The van der Waals surface area contributed by atoms with E-state index in [0.717, 1.165) is 6.42 Å². The van der Waals surface area contributed by atoms with Gasteiger partial charge in [-0.05, 0) is 20.3 Å². The Kier molecular flexibility index (Phi) is 5.81. The summed E-state index contributed by atoms with van der Waals surface area (Å²) < 4.78 is 0. The van der Waals surface area contributed by atoms with E-state index in [2.05, 4.69) is 6.92 Å². The van der Waals surface area contributed by atoms with Crippen molar-refractivity contribution < 1.29 is 0 Å². The van der Waals surface area contributed by atoms with E-state index in [0.29, 0.717) is 0 Å². The Hall–Kier alpha value is 0.830. The second kappa shape index (κ2) is 3.79. The first kappa shape index (κ1) is 10.7. The number of hydrogen-bond acceptors (Lipinski definition) is 1. The van der Waals surface area contributed by atoms with E-state index >= 15 is 0 Å². The zero-order chi connectivity index (χ0) is 5.21. The van der Waals surface area contributed by atoms with Gasteiger partial charge < -0.3 is 5.73 Å². The third-order valence-electron chi connectivity index (χ3n) is 0.911. The molecule has 0 atom stereocenters. The van der Waals surface area contributed by atoms with Crippen LogP contribution >= 0.6 is 0 Å². The maximum absolute atomic E-state index is 5.53. The van der Waals surface area contributed by atoms with Crippen molar-refractivity contribution in [2.75, 3.05) is 0 Å². The zero-order valence-electron chi connectivity index (χ0n) is 4.78. The zero-order valence-corrected chi connectivity index (χ0v) is 4.78. The fourth-order valence-corrected chi connectivity index (χ4v) is 0. The van der Waals surface area contributed by atoms with E-state index in [-0.39, 0.29) is 31.4 Å². The van der Waals surface area contributed by atoms with Gasteiger partial charge in [0.2, 0.25) is 0 Å². The van der Waals surface area contributed by atoms with E-state index in [1.165, 1.54) is 0 Å². The molecule has 0 unspecified atom stereocenters. The van der Waals surface area contributed by atoms with Crippen LogP contribution in [0.3, 0.4) is 0 Å². The van der Waals surface area contributed by atoms with Gasteiger partial charge in [-0.2, -0.15) is 0 Å². The molecule has 2 N–H and O–H groups in total. The third kappa shape index (κ3) is 10.9. The van der Waals surface area contributed by atoms with Gasteiger partial charge in [0.15, 0.2) is 0 Å². The molecule has 0 aromatic carbocycles. The Morgan fingerprint density at radius 3 is 1.57 bits per heavy atom. The molecule has 1 nitrogen and oxygen atoms in total. The molecule has 7 heavy (non-hydrogen) atoms. The van der Waals surface area contributed by atoms with Crippen LogP contribution in [-0.4, -0.2) is 31.4 Å². The van der Waals surface area contributed by atoms with E-state index in [4.69, 9.17) is 5.73 Å². The van der Waals surface area contributed by atoms with Crippen molar-refractivity contribution in [3.8, 4) is 0 Å². The molecular weight excluding hydrogens is 189 g/mol. The predicted molar refractivity (Wildman–Crippen MR) is 38.5 cm³/mol. The SMILES string of the molecule is CCC(C)(C)N.[InH3]. The first-order chi connectivity index (χ1) is 2.56. The van der Waals surface area contributed by atoms with E-state index < -0.39 is 0 Å². The normalized spacial score (nSPS) is 10.3. The molecule has 0 heterocycles. The Morgan fingerprint density at radius 2 is 1.57 bits per heavy atom. The van der Waals surface area contributed by atoms with Crippen molar-refractivity contribution in [1.29, 1.82) is 0 Å². The van der Waals surface area contributed by atoms with Crippen molar-refractivity contribution >= 4 is 25.8 Å². The topological polar surface area (TPSA) is 26.0 Å². The van der Waals surface area contributed by atoms with Crippen molar-refractivity contribution in [3.05, 3.63) is 0 Å². The molecule has 44 valence electrons. The molecule has 0 saturated heterocycles. The van der Waals surface area contributed by atoms with E-state index in [1.54, 1.807) is 0 Å². The van der Waals surface area contributed by atoms with Crippen LogP contribution in [0.4, 0.5) is 0 Å². The first-order valence-corrected chi connectivity index (χ1v) is 2.35. The van der Waals surface area contributed by atoms with Gasteiger partial charge >= 0.3 is 25.8 Å². The van der Waals surface area contributed by atoms with Gasteiger partial charge in [-0.3, -0.25) is 0 Å². The summed E-state index contributed by atoms with van der Waals surface area (Å²) in [6.07, 6.45) is 1.05. The molecular formula is C5H16InN. The number of rotatable bonds is 1. The number of nitrogens with two attached hydrogens (primary N) is 1. The van der Waals surface area contributed by atoms with Crippen LogP contribution in [-0.2, 0) is 0 Å². The molecule has 0 amide bonds. The molecule has 0 fully saturated rings. The summed E-state index contributed by atoms with van der Waals surface area (Å²) in [6.45, 7) is 6.12. The van der Waals surface area contributed by atoms with Crippen molar-refractivity contribution in [2.45, 2.75) is 32.7 Å². The molecule has 0 saturated carbocycles. The van der Waals surface area contributed by atoms with Crippen LogP contribution in [0.5, 0.6) is 0 Å². The molecule has 0 aromatic rings. The van der Waals surface area contributed by atoms with Gasteiger partial charge in [-0.15, -0.1) is 0 Å². The Balaban J connectivity index is 0. The summed E-state index contributed by atoms with van der Waals surface area (Å²) >= 11 is 0. The van der Waals surface area contributed by atoms with Gasteiger partial charge in [0.1, 0.15) is 0 Å². The molecule has 0 spiro atoms. The van der Waals surface area contributed by atoms with Gasteiger partial charge in [-0.1, -0.05) is 6.92 Å². The van der Waals surface area contributed by atoms with Crippen LogP contribution in [0.2, 0.25) is 0 Å². The first-order valence-electron chi connectivity index (χ1n) is 2.35. The van der Waals surface area contributed by atoms with Crippen molar-refractivity contribution in [2.24, 2.45) is 5.73 Å². The maximum atomic E-state index is 5.53. The average Bonchev–Trinajstić information content (AvgIpc) is 1.35. The Morgan fingerprint density at radius 1 is 1.43 bits per heavy atom. The monoisotopic (exact) mass is 205 g/mol. The molecule has 0 rings (SSSR count). The predicted octanol–water partition coefficient (Wildman–Crippen LogP) is -0.0502. The van der Waals surface area contributed by atoms with Gasteiger partial charge in [0, 0.05) is 5.54 Å². The molecule has 0 radical (unpaired) electrons. The van der Waals surface area contributed by atoms with Gasteiger partial charge in [-0.25, -0.2) is 0 Å². The fraction of sp³-hybridized carbons (Fsp3) is 1.00. The minimum absolute atomic E-state index is 0. The van der Waals surface area contributed by atoms with Crippen LogP contribution in [0.15, 0.2) is 0 Å². The quantitative estimate of drug-likeness (QED) is 0.638. The summed E-state index contributed by atoms with van der Waals surface area (Å²) in [5.74, 6) is 0. The minimum atomic E-state index is 0. The fourth-order valence-electron chi connectivity index (χ4n) is 0. The molecule has 0 aliphatic heterocycles. The Bertz CT molecular complexity index is 37.8. The standard InChI is InChI=1S/C5H13N.In.3H/c1-4-5(2,3)6;;;;/h4,6H2,1-3H3;;;;. The van der Waals surface area contributed by atoms with Crippen molar-refractivity contribution in [3.63, 3.8) is 0 Å². The molecule has 0 aliphatic rings. The van der Waals surface area contributed by atoms with E-state index in [1.807, 2.05) is 13.8 Å². The number of hydrogen-bond donors (Lipinski definition) is 1. The summed E-state index contributed by atoms with van der Waals surface area (Å²) in [6, 6.07) is 0.